The highest BCUT2D eigenvalue weighted by molar-refractivity contribution is 7.07. The number of nitrogens with one attached hydrogen (secondary N) is 3. The number of nitrogens with zero attached hydrogens (tertiary/aromatic N) is 5. The molecule has 4 atom stereocenters. The van der Waals surface area contributed by atoms with Crippen molar-refractivity contribution >= 4 is 40.8 Å². The van der Waals surface area contributed by atoms with Gasteiger partial charge in [-0.05, 0) is 67.2 Å². The Labute approximate surface area is 297 Å². The second-order valence-corrected chi connectivity index (χ2v) is 13.8. The zero-order valence-electron chi connectivity index (χ0n) is 28.2. The van der Waals surface area contributed by atoms with E-state index in [0.717, 1.165) is 30.1 Å². The molecule has 1 saturated heterocycles. The molecule has 0 radical (unpaired) electrons. The molecule has 1 aliphatic carbocycles. The van der Waals surface area contributed by atoms with Crippen LogP contribution in [0, 0.1) is 23.1 Å². The van der Waals surface area contributed by atoms with Crippen molar-refractivity contribution in [1.82, 2.24) is 30.0 Å². The largest absolute Gasteiger partial charge is 0.349 e. The number of benzene rings is 2. The minimum absolute atomic E-state index is 0.00248. The summed E-state index contributed by atoms with van der Waals surface area (Å²) < 4.78 is 49.4. The number of aromatic nitrogens is 2. The summed E-state index contributed by atoms with van der Waals surface area (Å²) in [5.41, 5.74) is -0.306. The number of likely N-dealkylation sites (N-methyl/N-ethyl adjacent to an activating group) is 1. The van der Waals surface area contributed by atoms with E-state index in [1.165, 1.54) is 30.5 Å². The van der Waals surface area contributed by atoms with Crippen LogP contribution in [0.15, 0.2) is 48.7 Å². The molecule has 5 rings (SSSR count). The van der Waals surface area contributed by atoms with Crippen LogP contribution in [-0.2, 0) is 20.3 Å². The first-order valence-corrected chi connectivity index (χ1v) is 17.5. The Hall–Kier alpha value is -4.88. The minimum atomic E-state index is -3.89. The standard InChI is InChI=1S/C35H39F3N8O4S/c1-21(31(43-32(48)29-20-40-44-51-29)33(49)46-14-12-45(2)13-15-46)23-10-11-28(26(36)17-23)41-30(47)18-24-7-3-4-9-27(24)42-34(50)35(37,38)25-8-5-6-22(16-25)19-39/h5-6,8,10-11,16-17,20-21,24,27,31H,3-4,7,9,12-15,18H2,1-2H3,(H,41,47)(H,42,50)(H,43,48)/t21-,24?,27?,31+/m0/s1. The highest BCUT2D eigenvalue weighted by atomic mass is 32.1. The minimum Gasteiger partial charge on any atom is -0.348 e. The van der Waals surface area contributed by atoms with Gasteiger partial charge in [0.05, 0.1) is 23.5 Å². The van der Waals surface area contributed by atoms with Gasteiger partial charge in [0, 0.05) is 50.1 Å². The van der Waals surface area contributed by atoms with E-state index in [1.54, 1.807) is 24.0 Å². The number of alkyl halides is 2. The van der Waals surface area contributed by atoms with E-state index < -0.39 is 58.9 Å². The number of nitriles is 1. The van der Waals surface area contributed by atoms with Gasteiger partial charge in [-0.2, -0.15) is 14.0 Å². The van der Waals surface area contributed by atoms with Crippen molar-refractivity contribution in [1.29, 1.82) is 5.26 Å². The third-order valence-corrected chi connectivity index (χ3v) is 10.2. The van der Waals surface area contributed by atoms with Gasteiger partial charge in [-0.3, -0.25) is 19.2 Å². The maximum atomic E-state index is 15.5. The SMILES string of the molecule is C[C@@H](c1ccc(NC(=O)CC2CCCCC2NC(=O)C(F)(F)c2cccc(C#N)c2)c(F)c1)[C@@H](NC(=O)c1cnns1)C(=O)N1CCN(C)CC1. The number of anilines is 1. The van der Waals surface area contributed by atoms with Gasteiger partial charge in [0.2, 0.25) is 11.8 Å². The van der Waals surface area contributed by atoms with Gasteiger partial charge in [0.15, 0.2) is 0 Å². The highest BCUT2D eigenvalue weighted by Crippen LogP contribution is 2.33. The molecule has 2 fully saturated rings. The average molecular weight is 725 g/mol. The summed E-state index contributed by atoms with van der Waals surface area (Å²) in [6, 6.07) is 8.89. The van der Waals surface area contributed by atoms with Crippen molar-refractivity contribution in [3.63, 3.8) is 0 Å². The lowest BCUT2D eigenvalue weighted by molar-refractivity contribution is -0.148. The van der Waals surface area contributed by atoms with Crippen molar-refractivity contribution < 1.29 is 32.3 Å². The lowest BCUT2D eigenvalue weighted by Gasteiger charge is -2.36. The fourth-order valence-corrected chi connectivity index (χ4v) is 6.89. The number of carbonyl (C=O) groups is 4. The van der Waals surface area contributed by atoms with Crippen LogP contribution < -0.4 is 16.0 Å². The molecule has 3 aromatic rings. The fraction of sp³-hybridized carbons (Fsp3) is 0.457. The van der Waals surface area contributed by atoms with Crippen molar-refractivity contribution in [2.75, 3.05) is 38.5 Å². The van der Waals surface area contributed by atoms with Gasteiger partial charge in [0.25, 0.3) is 11.8 Å². The molecule has 2 aromatic carbocycles. The lowest BCUT2D eigenvalue weighted by atomic mass is 9.82. The summed E-state index contributed by atoms with van der Waals surface area (Å²) in [5.74, 6) is -8.68. The summed E-state index contributed by atoms with van der Waals surface area (Å²) in [5, 5.41) is 20.5. The lowest BCUT2D eigenvalue weighted by Crippen LogP contribution is -2.55. The maximum absolute atomic E-state index is 15.5. The van der Waals surface area contributed by atoms with Gasteiger partial charge in [-0.1, -0.05) is 42.5 Å². The molecule has 2 heterocycles. The predicted octanol–water partition coefficient (Wildman–Crippen LogP) is 4.02. The maximum Gasteiger partial charge on any atom is 0.349 e. The van der Waals surface area contributed by atoms with Gasteiger partial charge < -0.3 is 25.8 Å². The molecule has 270 valence electrons. The topological polar surface area (TPSA) is 160 Å². The molecule has 0 bridgehead atoms. The van der Waals surface area contributed by atoms with Gasteiger partial charge in [-0.25, -0.2) is 4.39 Å². The monoisotopic (exact) mass is 724 g/mol. The van der Waals surface area contributed by atoms with E-state index in [1.807, 2.05) is 7.05 Å². The van der Waals surface area contributed by atoms with Crippen LogP contribution in [0.25, 0.3) is 0 Å². The van der Waals surface area contributed by atoms with Crippen molar-refractivity contribution in [3.8, 4) is 6.07 Å². The number of carbonyl (C=O) groups excluding carboxylic acids is 4. The van der Waals surface area contributed by atoms with Gasteiger partial charge >= 0.3 is 5.92 Å². The van der Waals surface area contributed by atoms with Crippen molar-refractivity contribution in [2.45, 2.75) is 63.0 Å². The zero-order chi connectivity index (χ0) is 36.7. The van der Waals surface area contributed by atoms with Crippen LogP contribution in [-0.4, -0.2) is 88.3 Å². The van der Waals surface area contributed by atoms with Crippen LogP contribution in [0.2, 0.25) is 0 Å². The Morgan fingerprint density at radius 1 is 1.08 bits per heavy atom. The number of halogens is 3. The van der Waals surface area contributed by atoms with Crippen LogP contribution in [0.5, 0.6) is 0 Å². The summed E-state index contributed by atoms with van der Waals surface area (Å²) in [6.45, 7) is 3.99. The second-order valence-electron chi connectivity index (χ2n) is 13.0. The predicted molar refractivity (Wildman–Crippen MR) is 182 cm³/mol. The second kappa shape index (κ2) is 16.4. The molecule has 2 unspecified atom stereocenters. The molecule has 1 saturated carbocycles. The quantitative estimate of drug-likeness (QED) is 0.268. The van der Waals surface area contributed by atoms with E-state index >= 15 is 13.2 Å². The van der Waals surface area contributed by atoms with Crippen LogP contribution in [0.1, 0.15) is 71.3 Å². The smallest absolute Gasteiger partial charge is 0.348 e. The molecule has 4 amide bonds. The first-order chi connectivity index (χ1) is 24.4. The van der Waals surface area contributed by atoms with Crippen LogP contribution in [0.3, 0.4) is 0 Å². The first kappa shape index (κ1) is 37.4. The number of hydrogen-bond donors (Lipinski definition) is 3. The Balaban J connectivity index is 1.24. The number of rotatable bonds is 11. The van der Waals surface area contributed by atoms with Crippen molar-refractivity contribution in [3.05, 3.63) is 76.0 Å². The Kier molecular flexibility index (Phi) is 12.0. The van der Waals surface area contributed by atoms with Gasteiger partial charge in [0.1, 0.15) is 16.7 Å². The zero-order valence-corrected chi connectivity index (χ0v) is 29.0. The molecular weight excluding hydrogens is 685 g/mol. The molecule has 16 heteroatoms. The Morgan fingerprint density at radius 2 is 1.82 bits per heavy atom. The fourth-order valence-electron chi connectivity index (χ4n) is 6.47. The molecule has 1 aliphatic heterocycles. The van der Waals surface area contributed by atoms with Crippen LogP contribution >= 0.6 is 11.5 Å². The third-order valence-electron chi connectivity index (χ3n) is 9.56. The molecule has 0 spiro atoms. The molecule has 51 heavy (non-hydrogen) atoms. The number of amides is 4. The highest BCUT2D eigenvalue weighted by Gasteiger charge is 2.43. The summed E-state index contributed by atoms with van der Waals surface area (Å²) in [6.07, 6.45) is 3.46. The normalized spacial score (nSPS) is 19.3. The summed E-state index contributed by atoms with van der Waals surface area (Å²) in [4.78, 5) is 56.5. The molecule has 3 N–H and O–H groups in total. The molecular formula is C35H39F3N8O4S. The number of hydrogen-bond acceptors (Lipinski definition) is 9. The van der Waals surface area contributed by atoms with E-state index in [4.69, 9.17) is 5.26 Å². The van der Waals surface area contributed by atoms with Gasteiger partial charge in [-0.15, -0.1) is 5.10 Å². The summed E-state index contributed by atoms with van der Waals surface area (Å²) in [7, 11) is 1.96. The number of piperazine rings is 1. The van der Waals surface area contributed by atoms with E-state index in [0.29, 0.717) is 51.0 Å². The van der Waals surface area contributed by atoms with Crippen LogP contribution in [0.4, 0.5) is 18.9 Å². The Morgan fingerprint density at radius 3 is 2.51 bits per heavy atom. The molecule has 12 nitrogen and oxygen atoms in total. The average Bonchev–Trinajstić information content (AvgIpc) is 3.67. The third kappa shape index (κ3) is 9.08. The Bertz CT molecular complexity index is 1780. The van der Waals surface area contributed by atoms with E-state index in [2.05, 4.69) is 30.4 Å². The molecule has 2 aliphatic rings. The first-order valence-electron chi connectivity index (χ1n) is 16.7. The molecule has 1 aromatic heterocycles. The summed E-state index contributed by atoms with van der Waals surface area (Å²) >= 11 is 0.886. The van der Waals surface area contributed by atoms with Crippen molar-refractivity contribution in [2.24, 2.45) is 5.92 Å². The van der Waals surface area contributed by atoms with E-state index in [-0.39, 0.29) is 28.5 Å². The van der Waals surface area contributed by atoms with E-state index in [9.17, 15) is 19.2 Å².